The molecule has 0 atom stereocenters. The molecule has 6 nitrogen and oxygen atoms in total. The zero-order valence-electron chi connectivity index (χ0n) is 13.9. The Morgan fingerprint density at radius 2 is 1.50 bits per heavy atom. The van der Waals surface area contributed by atoms with Gasteiger partial charge in [0.25, 0.3) is 0 Å². The van der Waals surface area contributed by atoms with Gasteiger partial charge in [-0.2, -0.15) is 4.31 Å². The van der Waals surface area contributed by atoms with Crippen LogP contribution in [-0.2, 0) is 16.6 Å². The van der Waals surface area contributed by atoms with E-state index in [0.717, 1.165) is 11.3 Å². The van der Waals surface area contributed by atoms with Crippen molar-refractivity contribution in [1.29, 1.82) is 0 Å². The minimum atomic E-state index is -3.64. The first-order valence-corrected chi connectivity index (χ1v) is 8.78. The number of sulfonamides is 1. The Balaban J connectivity index is 2.17. The molecule has 0 unspecified atom stereocenters. The molecule has 2 rings (SSSR count). The third kappa shape index (κ3) is 3.93. The molecule has 0 heterocycles. The monoisotopic (exact) mass is 347 g/mol. The van der Waals surface area contributed by atoms with Gasteiger partial charge in [-0.1, -0.05) is 12.1 Å². The largest absolute Gasteiger partial charge is 0.378 e. The quantitative estimate of drug-likeness (QED) is 0.861. The van der Waals surface area contributed by atoms with Crippen molar-refractivity contribution in [2.24, 2.45) is 5.73 Å². The molecule has 0 spiro atoms. The summed E-state index contributed by atoms with van der Waals surface area (Å²) < 4.78 is 26.5. The van der Waals surface area contributed by atoms with Gasteiger partial charge < -0.3 is 10.6 Å². The molecule has 2 aromatic carbocycles. The Bertz CT molecular complexity index is 813. The van der Waals surface area contributed by atoms with E-state index >= 15 is 0 Å². The zero-order valence-corrected chi connectivity index (χ0v) is 14.7. The Morgan fingerprint density at radius 1 is 0.958 bits per heavy atom. The summed E-state index contributed by atoms with van der Waals surface area (Å²) in [7, 11) is 1.78. The summed E-state index contributed by atoms with van der Waals surface area (Å²) >= 11 is 0. The van der Waals surface area contributed by atoms with E-state index in [1.165, 1.54) is 35.6 Å². The molecule has 24 heavy (non-hydrogen) atoms. The van der Waals surface area contributed by atoms with Gasteiger partial charge in [0, 0.05) is 38.9 Å². The predicted octanol–water partition coefficient (Wildman–Crippen LogP) is 1.67. The van der Waals surface area contributed by atoms with Crippen molar-refractivity contribution in [3.8, 4) is 0 Å². The Morgan fingerprint density at radius 3 is 1.96 bits per heavy atom. The maximum absolute atomic E-state index is 12.6. The van der Waals surface area contributed by atoms with Gasteiger partial charge in [0.1, 0.15) is 0 Å². The van der Waals surface area contributed by atoms with Crippen LogP contribution in [0.4, 0.5) is 5.69 Å². The third-order valence-corrected chi connectivity index (χ3v) is 5.52. The third-order valence-electron chi connectivity index (χ3n) is 3.70. The lowest BCUT2D eigenvalue weighted by Gasteiger charge is -2.18. The fraction of sp³-hybridized carbons (Fsp3) is 0.235. The highest BCUT2D eigenvalue weighted by Gasteiger charge is 2.21. The fourth-order valence-electron chi connectivity index (χ4n) is 2.21. The number of carbonyl (C=O) groups excluding carboxylic acids is 1. The normalized spacial score (nSPS) is 11.5. The molecular formula is C17H21N3O3S. The minimum absolute atomic E-state index is 0.125. The van der Waals surface area contributed by atoms with Crippen molar-refractivity contribution in [1.82, 2.24) is 4.31 Å². The Kier molecular flexibility index (Phi) is 5.26. The molecule has 0 bridgehead atoms. The summed E-state index contributed by atoms with van der Waals surface area (Å²) in [4.78, 5) is 13.2. The molecule has 1 amide bonds. The lowest BCUT2D eigenvalue weighted by molar-refractivity contribution is 0.1000. The van der Waals surface area contributed by atoms with E-state index in [1.807, 2.05) is 43.3 Å². The van der Waals surface area contributed by atoms with Crippen LogP contribution in [0.2, 0.25) is 0 Å². The average Bonchev–Trinajstić information content (AvgIpc) is 2.55. The maximum atomic E-state index is 12.6. The van der Waals surface area contributed by atoms with Gasteiger partial charge in [0.2, 0.25) is 15.9 Å². The van der Waals surface area contributed by atoms with E-state index in [4.69, 9.17) is 5.73 Å². The van der Waals surface area contributed by atoms with Gasteiger partial charge in [-0.25, -0.2) is 8.42 Å². The summed E-state index contributed by atoms with van der Waals surface area (Å²) in [6.07, 6.45) is 0. The number of nitrogens with two attached hydrogens (primary N) is 1. The molecule has 128 valence electrons. The molecule has 0 fully saturated rings. The first-order chi connectivity index (χ1) is 11.2. The maximum Gasteiger partial charge on any atom is 0.248 e. The van der Waals surface area contributed by atoms with Crippen molar-refractivity contribution in [2.75, 3.05) is 26.0 Å². The fourth-order valence-corrected chi connectivity index (χ4v) is 3.37. The van der Waals surface area contributed by atoms with Crippen molar-refractivity contribution in [2.45, 2.75) is 11.4 Å². The van der Waals surface area contributed by atoms with Crippen molar-refractivity contribution in [3.63, 3.8) is 0 Å². The predicted molar refractivity (Wildman–Crippen MR) is 94.4 cm³/mol. The zero-order chi connectivity index (χ0) is 17.9. The van der Waals surface area contributed by atoms with Gasteiger partial charge >= 0.3 is 0 Å². The van der Waals surface area contributed by atoms with Crippen LogP contribution in [0, 0.1) is 0 Å². The first kappa shape index (κ1) is 18.0. The molecule has 2 N–H and O–H groups in total. The van der Waals surface area contributed by atoms with Gasteiger partial charge in [-0.3, -0.25) is 4.79 Å². The number of hydrogen-bond acceptors (Lipinski definition) is 4. The van der Waals surface area contributed by atoms with E-state index in [2.05, 4.69) is 0 Å². The second kappa shape index (κ2) is 7.02. The van der Waals surface area contributed by atoms with Gasteiger partial charge in [0.15, 0.2) is 0 Å². The van der Waals surface area contributed by atoms with Gasteiger partial charge in [-0.15, -0.1) is 0 Å². The molecule has 7 heteroatoms. The van der Waals surface area contributed by atoms with Crippen molar-refractivity contribution >= 4 is 21.6 Å². The second-order valence-corrected chi connectivity index (χ2v) is 7.76. The molecule has 0 aliphatic heterocycles. The molecule has 0 saturated carbocycles. The highest BCUT2D eigenvalue weighted by atomic mass is 32.2. The van der Waals surface area contributed by atoms with E-state index in [0.29, 0.717) is 0 Å². The average molecular weight is 347 g/mol. The number of rotatable bonds is 6. The van der Waals surface area contributed by atoms with Gasteiger partial charge in [-0.05, 0) is 42.0 Å². The molecule has 2 aromatic rings. The van der Waals surface area contributed by atoms with Crippen LogP contribution in [0.15, 0.2) is 53.4 Å². The smallest absolute Gasteiger partial charge is 0.248 e. The van der Waals surface area contributed by atoms with E-state index in [1.54, 1.807) is 0 Å². The molecule has 0 aliphatic rings. The number of hydrogen-bond donors (Lipinski definition) is 1. The first-order valence-electron chi connectivity index (χ1n) is 7.34. The molecular weight excluding hydrogens is 326 g/mol. The summed E-state index contributed by atoms with van der Waals surface area (Å²) in [5, 5.41) is 0. The molecule has 0 saturated heterocycles. The summed E-state index contributed by atoms with van der Waals surface area (Å²) in [5.74, 6) is -0.590. The SMILES string of the molecule is CN(C)c1ccc(CN(C)S(=O)(=O)c2ccc(C(N)=O)cc2)cc1. The highest BCUT2D eigenvalue weighted by molar-refractivity contribution is 7.89. The number of anilines is 1. The van der Waals surface area contributed by atoms with Crippen LogP contribution in [0.5, 0.6) is 0 Å². The molecule has 0 aromatic heterocycles. The van der Waals surface area contributed by atoms with E-state index < -0.39 is 15.9 Å². The lowest BCUT2D eigenvalue weighted by Crippen LogP contribution is -2.26. The van der Waals surface area contributed by atoms with Crippen LogP contribution in [0.3, 0.4) is 0 Å². The van der Waals surface area contributed by atoms with Crippen molar-refractivity contribution < 1.29 is 13.2 Å². The van der Waals surface area contributed by atoms with Crippen LogP contribution in [-0.4, -0.2) is 39.8 Å². The second-order valence-electron chi connectivity index (χ2n) is 5.71. The topological polar surface area (TPSA) is 83.7 Å². The van der Waals surface area contributed by atoms with Gasteiger partial charge in [0.05, 0.1) is 4.90 Å². The highest BCUT2D eigenvalue weighted by Crippen LogP contribution is 2.19. The van der Waals surface area contributed by atoms with E-state index in [9.17, 15) is 13.2 Å². The number of carbonyl (C=O) groups is 1. The Hall–Kier alpha value is -2.38. The summed E-state index contributed by atoms with van der Waals surface area (Å²) in [6.45, 7) is 0.258. The van der Waals surface area contributed by atoms with Crippen LogP contribution >= 0.6 is 0 Å². The molecule has 0 aliphatic carbocycles. The Labute approximate surface area is 142 Å². The molecule has 0 radical (unpaired) electrons. The standard InChI is InChI=1S/C17H21N3O3S/c1-19(2)15-8-4-13(5-9-15)12-20(3)24(22,23)16-10-6-14(7-11-16)17(18)21/h4-11H,12H2,1-3H3,(H2,18,21). The van der Waals surface area contributed by atoms with Crippen molar-refractivity contribution in [3.05, 3.63) is 59.7 Å². The number of benzene rings is 2. The summed E-state index contributed by atoms with van der Waals surface area (Å²) in [6, 6.07) is 13.3. The van der Waals surface area contributed by atoms with Crippen LogP contribution in [0.1, 0.15) is 15.9 Å². The minimum Gasteiger partial charge on any atom is -0.378 e. The van der Waals surface area contributed by atoms with Crippen LogP contribution in [0.25, 0.3) is 0 Å². The number of primary amides is 1. The number of amides is 1. The van der Waals surface area contributed by atoms with E-state index in [-0.39, 0.29) is 17.0 Å². The number of nitrogens with zero attached hydrogens (tertiary/aromatic N) is 2. The lowest BCUT2D eigenvalue weighted by atomic mass is 10.2. The van der Waals surface area contributed by atoms with Crippen LogP contribution < -0.4 is 10.6 Å². The summed E-state index contributed by atoms with van der Waals surface area (Å²) in [5.41, 5.74) is 7.38.